The largest absolute Gasteiger partial charge is 1.00 e. The molecule has 2 aliphatic rings. The van der Waals surface area contributed by atoms with Crippen LogP contribution in [0.1, 0.15) is 38.8 Å². The minimum atomic E-state index is -5.15. The number of anilines is 4. The number of guanidine groups is 2. The van der Waals surface area contributed by atoms with Gasteiger partial charge in [0.25, 0.3) is 0 Å². The van der Waals surface area contributed by atoms with E-state index in [9.17, 15) is 35.5 Å². The Bertz CT molecular complexity index is 2410. The fraction of sp³-hybridized carbons (Fsp3) is 0.250. The number of nitrogens with zero attached hydrogens (tertiary/aromatic N) is 6. The van der Waals surface area contributed by atoms with Gasteiger partial charge in [0.05, 0.1) is 9.79 Å². The van der Waals surface area contributed by atoms with Crippen molar-refractivity contribution in [1.82, 2.24) is 30.7 Å². The van der Waals surface area contributed by atoms with Crippen LogP contribution in [0.2, 0.25) is 0 Å². The number of benzene rings is 4. The molecule has 4 aromatic rings. The average molecular weight is 933 g/mol. The number of carbonyl (C=O) groups excluding carboxylic acids is 2. The molecule has 0 spiro atoms. The Morgan fingerprint density at radius 3 is 1.23 bits per heavy atom. The number of urea groups is 2. The number of nitrogens with one attached hydrogen (secondary N) is 6. The van der Waals surface area contributed by atoms with Crippen LogP contribution in [0, 0.1) is 0 Å². The quantitative estimate of drug-likeness (QED) is 0.0428. The van der Waals surface area contributed by atoms with Crippen molar-refractivity contribution in [3.63, 3.8) is 0 Å². The Morgan fingerprint density at radius 1 is 0.578 bits per heavy atom. The summed E-state index contributed by atoms with van der Waals surface area (Å²) in [6.45, 7) is 9.08. The topological polar surface area (TPSA) is 258 Å². The van der Waals surface area contributed by atoms with Crippen LogP contribution in [0.25, 0.3) is 12.2 Å². The summed E-state index contributed by atoms with van der Waals surface area (Å²) < 4.78 is 76.0. The number of aliphatic imine (C=N–C) groups is 2. The first-order chi connectivity index (χ1) is 29.6. The summed E-state index contributed by atoms with van der Waals surface area (Å²) in [6, 6.07) is 24.6. The van der Waals surface area contributed by atoms with Crippen LogP contribution < -0.4 is 91.0 Å². The van der Waals surface area contributed by atoms with Crippen molar-refractivity contribution in [2.45, 2.75) is 50.1 Å². The third kappa shape index (κ3) is 13.0. The van der Waals surface area contributed by atoms with Gasteiger partial charge < -0.3 is 30.4 Å². The summed E-state index contributed by atoms with van der Waals surface area (Å²) in [5.41, 5.74) is 1.31. The first-order valence-corrected chi connectivity index (χ1v) is 22.3. The molecule has 64 heavy (non-hydrogen) atoms. The monoisotopic (exact) mass is 932 g/mol. The molecule has 0 bridgehead atoms. The molecule has 6 rings (SSSR count). The SMILES string of the molecule is CCN(CC)N1C(=O)NC(Nc2ccccc2)=NC1Nc1ccc(C=Cc2ccc(NC3N=C(Nc4ccccc4)NC(=O)N3N(CC)CC)cc2S(=O)(=O)[O-])c(S(=O)(=O)[O-])c1.[Na+].[Na+]. The molecule has 0 radical (unpaired) electrons. The standard InChI is InChI=1S/C40H48N12O8S2.2Na/c1-5-49(6-2)51-37(45-35(47-39(51)53)41-29-15-11-9-12-16-29)43-31-23-21-27(33(25-31)61(55,56)57)19-20-28-22-24-32(26-34(28)62(58,59)60)44-38-46-36(42-30-17-13-10-14-18-30)48-40(54)52(38)50(7-3)8-4;;/h9-26,37-38,43-44H,5-8H2,1-4H3,(H,55,56,57)(H,58,59,60)(H2,41,45,47,53)(H2,42,46,48,54);;/q;2*+1/p-2. The third-order valence-electron chi connectivity index (χ3n) is 9.58. The van der Waals surface area contributed by atoms with E-state index in [1.54, 1.807) is 58.5 Å². The van der Waals surface area contributed by atoms with E-state index in [1.807, 2.05) is 39.8 Å². The number of hydrogen-bond donors (Lipinski definition) is 6. The van der Waals surface area contributed by atoms with E-state index in [2.05, 4.69) is 41.9 Å². The second kappa shape index (κ2) is 23.1. The minimum absolute atomic E-state index is 0. The van der Waals surface area contributed by atoms with E-state index in [-0.39, 0.29) is 93.5 Å². The van der Waals surface area contributed by atoms with Crippen molar-refractivity contribution in [3.05, 3.63) is 108 Å². The summed E-state index contributed by atoms with van der Waals surface area (Å²) >= 11 is 0. The summed E-state index contributed by atoms with van der Waals surface area (Å²) in [4.78, 5) is 34.7. The Balaban J connectivity index is 0.00000449. The smallest absolute Gasteiger partial charge is 0.744 e. The fourth-order valence-corrected chi connectivity index (χ4v) is 8.04. The van der Waals surface area contributed by atoms with Gasteiger partial charge in [0.1, 0.15) is 20.2 Å². The number of hydrazine groups is 2. The molecular formula is C40H46N12Na2O8S2. The van der Waals surface area contributed by atoms with Gasteiger partial charge in [0.15, 0.2) is 0 Å². The number of hydrogen-bond acceptors (Lipinski definition) is 16. The molecule has 2 unspecified atom stereocenters. The van der Waals surface area contributed by atoms with Crippen LogP contribution in [-0.4, -0.2) is 109 Å². The number of carbonyl (C=O) groups is 2. The maximum absolute atomic E-state index is 13.4. The molecular weight excluding hydrogens is 887 g/mol. The van der Waals surface area contributed by atoms with Crippen LogP contribution in [0.5, 0.6) is 0 Å². The Morgan fingerprint density at radius 2 is 0.922 bits per heavy atom. The van der Waals surface area contributed by atoms with E-state index < -0.39 is 54.7 Å². The van der Waals surface area contributed by atoms with Gasteiger partial charge in [-0.3, -0.25) is 10.6 Å². The van der Waals surface area contributed by atoms with E-state index in [0.717, 1.165) is 12.1 Å². The molecule has 2 heterocycles. The molecule has 2 atom stereocenters. The van der Waals surface area contributed by atoms with Crippen molar-refractivity contribution in [2.24, 2.45) is 9.98 Å². The van der Waals surface area contributed by atoms with Gasteiger partial charge in [0.2, 0.25) is 24.5 Å². The molecule has 24 heteroatoms. The molecule has 20 nitrogen and oxygen atoms in total. The second-order valence-corrected chi connectivity index (χ2v) is 16.2. The summed E-state index contributed by atoms with van der Waals surface area (Å²) in [7, 11) is -10.3. The second-order valence-electron chi connectivity index (χ2n) is 13.5. The first-order valence-electron chi connectivity index (χ1n) is 19.5. The van der Waals surface area contributed by atoms with Gasteiger partial charge in [-0.15, -0.1) is 0 Å². The van der Waals surface area contributed by atoms with E-state index in [0.29, 0.717) is 37.6 Å². The van der Waals surface area contributed by atoms with Crippen LogP contribution in [0.15, 0.2) is 117 Å². The van der Waals surface area contributed by atoms with Crippen LogP contribution in [0.4, 0.5) is 32.3 Å². The summed E-state index contributed by atoms with van der Waals surface area (Å²) in [5, 5.41) is 23.7. The van der Waals surface area contributed by atoms with Crippen molar-refractivity contribution >= 4 is 79.1 Å². The molecule has 2 aliphatic heterocycles. The Kier molecular flexibility index (Phi) is 18.8. The zero-order chi connectivity index (χ0) is 44.6. The van der Waals surface area contributed by atoms with Gasteiger partial charge in [-0.05, 0) is 59.7 Å². The molecule has 328 valence electrons. The maximum Gasteiger partial charge on any atom is 1.00 e. The molecule has 0 saturated carbocycles. The molecule has 0 saturated heterocycles. The Labute approximate surface area is 416 Å². The maximum atomic E-state index is 13.4. The summed E-state index contributed by atoms with van der Waals surface area (Å²) in [5.74, 6) is 0.235. The van der Waals surface area contributed by atoms with Crippen LogP contribution >= 0.6 is 0 Å². The zero-order valence-corrected chi connectivity index (χ0v) is 41.8. The molecule has 0 aromatic heterocycles. The zero-order valence-electron chi connectivity index (χ0n) is 36.1. The molecule has 0 aliphatic carbocycles. The Hall–Kier alpha value is -4.56. The third-order valence-corrected chi connectivity index (χ3v) is 11.4. The van der Waals surface area contributed by atoms with Gasteiger partial charge in [-0.1, -0.05) is 88.4 Å². The van der Waals surface area contributed by atoms with E-state index in [4.69, 9.17) is 0 Å². The number of para-hydroxylation sites is 2. The molecule has 4 amide bonds. The van der Waals surface area contributed by atoms with Gasteiger partial charge in [-0.2, -0.15) is 0 Å². The fourth-order valence-electron chi connectivity index (χ4n) is 6.65. The van der Waals surface area contributed by atoms with Gasteiger partial charge in [0, 0.05) is 48.9 Å². The van der Waals surface area contributed by atoms with E-state index in [1.165, 1.54) is 46.4 Å². The molecule has 0 fully saturated rings. The van der Waals surface area contributed by atoms with Crippen molar-refractivity contribution in [1.29, 1.82) is 0 Å². The van der Waals surface area contributed by atoms with E-state index >= 15 is 0 Å². The molecule has 6 N–H and O–H groups in total. The van der Waals surface area contributed by atoms with Crippen molar-refractivity contribution in [3.8, 4) is 0 Å². The van der Waals surface area contributed by atoms with Gasteiger partial charge in [-0.25, -0.2) is 56.4 Å². The number of rotatable bonds is 16. The van der Waals surface area contributed by atoms with Crippen molar-refractivity contribution in [2.75, 3.05) is 47.4 Å². The molecule has 4 aromatic carbocycles. The van der Waals surface area contributed by atoms with Crippen LogP contribution in [0.3, 0.4) is 0 Å². The minimum Gasteiger partial charge on any atom is -0.744 e. The van der Waals surface area contributed by atoms with Crippen LogP contribution in [-0.2, 0) is 20.2 Å². The first kappa shape index (κ1) is 52.1. The average Bonchev–Trinajstić information content (AvgIpc) is 3.23. The predicted octanol–water partition coefficient (Wildman–Crippen LogP) is -1.44. The summed E-state index contributed by atoms with van der Waals surface area (Å²) in [6.07, 6.45) is 0.216. The predicted molar refractivity (Wildman–Crippen MR) is 234 cm³/mol. The van der Waals surface area contributed by atoms with Gasteiger partial charge >= 0.3 is 71.2 Å². The normalized spacial score (nSPS) is 16.6. The van der Waals surface area contributed by atoms with Crippen molar-refractivity contribution < 1.29 is 94.6 Å². The number of amides is 4.